The molecule has 7 aromatic rings. The number of para-hydroxylation sites is 1. The molecule has 0 saturated carbocycles. The van der Waals surface area contributed by atoms with Crippen LogP contribution in [0.4, 0.5) is 5.69 Å². The van der Waals surface area contributed by atoms with Crippen molar-refractivity contribution >= 4 is 27.5 Å². The van der Waals surface area contributed by atoms with Crippen LogP contribution >= 0.6 is 0 Å². The Kier molecular flexibility index (Phi) is 7.58. The van der Waals surface area contributed by atoms with E-state index in [9.17, 15) is 5.26 Å². The number of hydrogen-bond donors (Lipinski definition) is 0. The fourth-order valence-electron chi connectivity index (χ4n) is 5.53. The summed E-state index contributed by atoms with van der Waals surface area (Å²) >= 11 is 0. The first-order valence-electron chi connectivity index (χ1n) is 13.6. The van der Waals surface area contributed by atoms with Crippen molar-refractivity contribution in [2.24, 2.45) is 0 Å². The summed E-state index contributed by atoms with van der Waals surface area (Å²) in [7, 11) is 0. The molecule has 7 rings (SSSR count). The Hall–Kier alpha value is -5.49. The van der Waals surface area contributed by atoms with E-state index in [4.69, 9.17) is 11.3 Å². The van der Waals surface area contributed by atoms with Crippen LogP contribution in [0.15, 0.2) is 97.5 Å². The number of nitrogens with zero attached hydrogens (tertiary/aromatic N) is 6. The topological polar surface area (TPSA) is 73.0 Å². The third-order valence-electron chi connectivity index (χ3n) is 7.40. The third-order valence-corrected chi connectivity index (χ3v) is 7.40. The minimum atomic E-state index is 0. The molecule has 44 heavy (non-hydrogen) atoms. The van der Waals surface area contributed by atoms with Gasteiger partial charge in [-0.25, -0.2) is 4.98 Å². The second-order valence-corrected chi connectivity index (χ2v) is 10.1. The average Bonchev–Trinajstić information content (AvgIpc) is 3.63. The fourth-order valence-corrected chi connectivity index (χ4v) is 5.53. The number of rotatable bonds is 5. The largest absolute Gasteiger partial charge is 2.00 e. The summed E-state index contributed by atoms with van der Waals surface area (Å²) in [5.41, 5.74) is 6.56. The van der Waals surface area contributed by atoms with Crippen LogP contribution in [0.25, 0.3) is 49.5 Å². The molecular formula is C36H22N6OPt. The molecule has 7 nitrogen and oxygen atoms in total. The summed E-state index contributed by atoms with van der Waals surface area (Å²) < 4.78 is 10.3. The molecule has 0 radical (unpaired) electrons. The molecular weight excluding hydrogens is 728 g/mol. The molecule has 0 spiro atoms. The van der Waals surface area contributed by atoms with Gasteiger partial charge in [-0.3, -0.25) is 9.83 Å². The Morgan fingerprint density at radius 2 is 1.70 bits per heavy atom. The maximum Gasteiger partial charge on any atom is 2.00 e. The molecule has 0 unspecified atom stereocenters. The predicted octanol–water partition coefficient (Wildman–Crippen LogP) is 8.46. The molecule has 3 aromatic heterocycles. The first-order chi connectivity index (χ1) is 21.0. The molecule has 0 atom stereocenters. The monoisotopic (exact) mass is 749 g/mol. The number of fused-ring (bicyclic) bond motifs is 3. The smallest absolute Gasteiger partial charge is 0.504 e. The average molecular weight is 750 g/mol. The van der Waals surface area contributed by atoms with Crippen LogP contribution in [0.5, 0.6) is 11.5 Å². The van der Waals surface area contributed by atoms with Crippen molar-refractivity contribution in [1.29, 1.82) is 5.26 Å². The van der Waals surface area contributed by atoms with Crippen LogP contribution in [0, 0.1) is 43.9 Å². The third kappa shape index (κ3) is 4.94. The maximum absolute atomic E-state index is 9.52. The Morgan fingerprint density at radius 3 is 2.45 bits per heavy atom. The van der Waals surface area contributed by atoms with Gasteiger partial charge in [-0.2, -0.15) is 11.3 Å². The number of imidazole rings is 1. The van der Waals surface area contributed by atoms with Crippen molar-refractivity contribution in [3.05, 3.63) is 138 Å². The van der Waals surface area contributed by atoms with E-state index in [-0.39, 0.29) is 21.1 Å². The number of ether oxygens (including phenoxy) is 1. The summed E-state index contributed by atoms with van der Waals surface area (Å²) in [6, 6.07) is 33.7. The van der Waals surface area contributed by atoms with Gasteiger partial charge in [-0.15, -0.1) is 29.1 Å². The Balaban J connectivity index is 0.00000343. The van der Waals surface area contributed by atoms with Gasteiger partial charge in [0.1, 0.15) is 11.5 Å². The van der Waals surface area contributed by atoms with Crippen LogP contribution in [-0.4, -0.2) is 19.1 Å². The minimum Gasteiger partial charge on any atom is -0.504 e. The van der Waals surface area contributed by atoms with Gasteiger partial charge in [0, 0.05) is 41.3 Å². The Labute approximate surface area is 268 Å². The molecule has 8 heteroatoms. The van der Waals surface area contributed by atoms with E-state index in [1.165, 1.54) is 0 Å². The molecule has 0 saturated heterocycles. The van der Waals surface area contributed by atoms with Crippen molar-refractivity contribution in [2.45, 2.75) is 13.8 Å². The van der Waals surface area contributed by atoms with Crippen LogP contribution in [0.3, 0.4) is 0 Å². The standard InChI is InChI=1S/C36H22N6O.Pt/c1-23-7-6-8-24(2)35(23)41-16-15-40-36(41)26-18-27(38-3)20-29(19-26)43-28-11-12-30-31-17-25(22-37)10-13-32(31)42(33(30)21-28)34-9-4-5-14-39-34;/h4-18,20H,1-2H3;/q-2;+2. The zero-order chi connectivity index (χ0) is 29.5. The van der Waals surface area contributed by atoms with Gasteiger partial charge < -0.3 is 13.9 Å². The van der Waals surface area contributed by atoms with Crippen molar-refractivity contribution in [1.82, 2.24) is 19.1 Å². The van der Waals surface area contributed by atoms with Gasteiger partial charge in [-0.1, -0.05) is 41.9 Å². The maximum atomic E-state index is 9.52. The van der Waals surface area contributed by atoms with Crippen LogP contribution in [0.1, 0.15) is 16.7 Å². The van der Waals surface area contributed by atoms with E-state index in [1.54, 1.807) is 30.6 Å². The van der Waals surface area contributed by atoms with Gasteiger partial charge in [0.2, 0.25) is 0 Å². The van der Waals surface area contributed by atoms with Gasteiger partial charge in [0.05, 0.1) is 24.0 Å². The summed E-state index contributed by atoms with van der Waals surface area (Å²) in [5.74, 6) is 2.22. The molecule has 3 heterocycles. The predicted molar refractivity (Wildman–Crippen MR) is 166 cm³/mol. The van der Waals surface area contributed by atoms with Gasteiger partial charge in [-0.05, 0) is 60.7 Å². The summed E-state index contributed by atoms with van der Waals surface area (Å²) in [5, 5.41) is 11.4. The second kappa shape index (κ2) is 11.6. The van der Waals surface area contributed by atoms with E-state index in [2.05, 4.69) is 59.0 Å². The number of benzene rings is 4. The molecule has 0 N–H and O–H groups in total. The van der Waals surface area contributed by atoms with E-state index in [0.29, 0.717) is 34.1 Å². The fraction of sp³-hybridized carbons (Fsp3) is 0.0556. The molecule has 0 aliphatic heterocycles. The van der Waals surface area contributed by atoms with E-state index >= 15 is 0 Å². The summed E-state index contributed by atoms with van der Waals surface area (Å²) in [6.07, 6.45) is 5.40. The quantitative estimate of drug-likeness (QED) is 0.166. The number of aromatic nitrogens is 4. The first kappa shape index (κ1) is 28.6. The Bertz CT molecular complexity index is 2250. The van der Waals surface area contributed by atoms with Gasteiger partial charge in [0.25, 0.3) is 0 Å². The molecule has 4 aromatic carbocycles. The van der Waals surface area contributed by atoms with Gasteiger partial charge >= 0.3 is 21.1 Å². The number of pyridine rings is 1. The van der Waals surface area contributed by atoms with Crippen molar-refractivity contribution in [3.8, 4) is 40.5 Å². The second-order valence-electron chi connectivity index (χ2n) is 10.1. The molecule has 212 valence electrons. The Morgan fingerprint density at radius 1 is 0.864 bits per heavy atom. The van der Waals surface area contributed by atoms with Crippen LogP contribution < -0.4 is 4.74 Å². The number of hydrogen-bond acceptors (Lipinski definition) is 4. The molecule has 0 amide bonds. The first-order valence-corrected chi connectivity index (χ1v) is 13.6. The zero-order valence-corrected chi connectivity index (χ0v) is 25.9. The summed E-state index contributed by atoms with van der Waals surface area (Å²) in [6.45, 7) is 11.9. The van der Waals surface area contributed by atoms with Crippen molar-refractivity contribution in [2.75, 3.05) is 0 Å². The molecule has 0 aliphatic rings. The minimum absolute atomic E-state index is 0. The van der Waals surface area contributed by atoms with E-state index < -0.39 is 0 Å². The van der Waals surface area contributed by atoms with Crippen molar-refractivity contribution in [3.63, 3.8) is 0 Å². The molecule has 0 bridgehead atoms. The number of nitriles is 1. The molecule has 0 aliphatic carbocycles. The SMILES string of the molecule is [C-]#[N+]c1cc(Oc2[c-]c3c(cc2)c2cc(C#N)ccc2n3-c2ccccn2)[c-]c(-c2nccn2-c2c(C)cccc2C)c1.[Pt+2]. The van der Waals surface area contributed by atoms with E-state index in [1.807, 2.05) is 63.9 Å². The zero-order valence-electron chi connectivity index (χ0n) is 23.6. The van der Waals surface area contributed by atoms with Gasteiger partial charge in [0.15, 0.2) is 0 Å². The van der Waals surface area contributed by atoms with Crippen LogP contribution in [0.2, 0.25) is 0 Å². The van der Waals surface area contributed by atoms with Crippen LogP contribution in [-0.2, 0) is 21.1 Å². The number of aryl methyl sites for hydroxylation is 2. The van der Waals surface area contributed by atoms with E-state index in [0.717, 1.165) is 44.4 Å². The summed E-state index contributed by atoms with van der Waals surface area (Å²) in [4.78, 5) is 12.9. The molecule has 0 fully saturated rings. The van der Waals surface area contributed by atoms with Crippen molar-refractivity contribution < 1.29 is 25.8 Å². The normalized spacial score (nSPS) is 10.7.